The fourth-order valence-corrected chi connectivity index (χ4v) is 2.00. The fraction of sp³-hybridized carbons (Fsp3) is 0.300. The van der Waals surface area contributed by atoms with Crippen molar-refractivity contribution in [2.24, 2.45) is 0 Å². The molecule has 1 N–H and O–H groups in total. The summed E-state index contributed by atoms with van der Waals surface area (Å²) in [6, 6.07) is 8.06. The molecule has 1 aromatic carbocycles. The van der Waals surface area contributed by atoms with Gasteiger partial charge in [-0.25, -0.2) is 8.42 Å². The maximum absolute atomic E-state index is 11.7. The van der Waals surface area contributed by atoms with Crippen molar-refractivity contribution in [1.82, 2.24) is 0 Å². The summed E-state index contributed by atoms with van der Waals surface area (Å²) in [4.78, 5) is 11.7. The Morgan fingerprint density at radius 2 is 1.87 bits per heavy atom. The summed E-state index contributed by atoms with van der Waals surface area (Å²) in [5, 5.41) is 7.53. The molecular formula is C10H12O4S. The minimum atomic E-state index is -3.56. The summed E-state index contributed by atoms with van der Waals surface area (Å²) in [7, 11) is -3.56. The lowest BCUT2D eigenvalue weighted by atomic mass is 10.1. The summed E-state index contributed by atoms with van der Waals surface area (Å²) in [5.41, 5.74) is 0.293. The van der Waals surface area contributed by atoms with E-state index in [0.29, 0.717) is 5.56 Å². The van der Waals surface area contributed by atoms with Crippen LogP contribution >= 0.6 is 0 Å². The van der Waals surface area contributed by atoms with Crippen LogP contribution in [0.25, 0.3) is 0 Å². The number of carbonyl (C=O) groups is 1. The number of hydrogen-bond acceptors (Lipinski definition) is 4. The van der Waals surface area contributed by atoms with Crippen molar-refractivity contribution in [3.63, 3.8) is 0 Å². The van der Waals surface area contributed by atoms with Gasteiger partial charge in [-0.2, -0.15) is 0 Å². The number of aliphatic hydroxyl groups excluding tert-OH is 1. The first-order valence-corrected chi connectivity index (χ1v) is 6.31. The Labute approximate surface area is 88.5 Å². The molecule has 0 radical (unpaired) electrons. The zero-order chi connectivity index (χ0) is 11.5. The Morgan fingerprint density at radius 1 is 1.33 bits per heavy atom. The first-order valence-electron chi connectivity index (χ1n) is 4.36. The van der Waals surface area contributed by atoms with Crippen LogP contribution in [0.3, 0.4) is 0 Å². The van der Waals surface area contributed by atoms with Gasteiger partial charge in [0.2, 0.25) is 0 Å². The van der Waals surface area contributed by atoms with Crippen molar-refractivity contribution in [2.75, 3.05) is 12.9 Å². The largest absolute Gasteiger partial charge is 0.395 e. The first kappa shape index (κ1) is 11.9. The molecule has 5 heteroatoms. The molecule has 0 aromatic heterocycles. The monoisotopic (exact) mass is 228 g/mol. The van der Waals surface area contributed by atoms with E-state index < -0.39 is 27.5 Å². The number of carbonyl (C=O) groups excluding carboxylic acids is 1. The Kier molecular flexibility index (Phi) is 3.60. The Morgan fingerprint density at radius 3 is 2.27 bits per heavy atom. The summed E-state index contributed by atoms with van der Waals surface area (Å²) < 4.78 is 22.4. The summed E-state index contributed by atoms with van der Waals surface area (Å²) >= 11 is 0. The SMILES string of the molecule is CS(=O)(=O)[C@@H](CO)C(=O)c1ccccc1. The van der Waals surface area contributed by atoms with Gasteiger partial charge >= 0.3 is 0 Å². The molecule has 0 saturated heterocycles. The third-order valence-electron chi connectivity index (χ3n) is 2.03. The minimum absolute atomic E-state index is 0.293. The molecule has 0 unspecified atom stereocenters. The minimum Gasteiger partial charge on any atom is -0.395 e. The van der Waals surface area contributed by atoms with Gasteiger partial charge in [0, 0.05) is 11.8 Å². The van der Waals surface area contributed by atoms with Gasteiger partial charge < -0.3 is 5.11 Å². The summed E-state index contributed by atoms with van der Waals surface area (Å²) in [6.07, 6.45) is 0.939. The molecule has 0 aliphatic heterocycles. The highest BCUT2D eigenvalue weighted by Crippen LogP contribution is 2.09. The third kappa shape index (κ3) is 2.87. The third-order valence-corrected chi connectivity index (χ3v) is 3.43. The van der Waals surface area contributed by atoms with Crippen LogP contribution in [0, 0.1) is 0 Å². The van der Waals surface area contributed by atoms with E-state index in [4.69, 9.17) is 5.11 Å². The molecule has 4 nitrogen and oxygen atoms in total. The van der Waals surface area contributed by atoms with Gasteiger partial charge in [-0.15, -0.1) is 0 Å². The number of sulfone groups is 1. The van der Waals surface area contributed by atoms with Crippen LogP contribution in [0.15, 0.2) is 30.3 Å². The van der Waals surface area contributed by atoms with Crippen LogP contribution in [0.1, 0.15) is 10.4 Å². The molecule has 0 aliphatic carbocycles. The lowest BCUT2D eigenvalue weighted by Crippen LogP contribution is -2.33. The standard InChI is InChI=1S/C10H12O4S/c1-15(13,14)9(7-11)10(12)8-5-3-2-4-6-8/h2-6,9,11H,7H2,1H3/t9-/m0/s1. The van der Waals surface area contributed by atoms with E-state index >= 15 is 0 Å². The smallest absolute Gasteiger partial charge is 0.183 e. The quantitative estimate of drug-likeness (QED) is 0.751. The van der Waals surface area contributed by atoms with Crippen LogP contribution < -0.4 is 0 Å². The average Bonchev–Trinajstić information content (AvgIpc) is 2.18. The maximum atomic E-state index is 11.7. The maximum Gasteiger partial charge on any atom is 0.183 e. The molecule has 15 heavy (non-hydrogen) atoms. The number of rotatable bonds is 4. The molecule has 0 heterocycles. The van der Waals surface area contributed by atoms with Gasteiger partial charge in [0.25, 0.3) is 0 Å². The van der Waals surface area contributed by atoms with Gasteiger partial charge in [0.15, 0.2) is 15.6 Å². The molecule has 0 amide bonds. The lowest BCUT2D eigenvalue weighted by Gasteiger charge is -2.10. The number of benzene rings is 1. The van der Waals surface area contributed by atoms with Gasteiger partial charge in [0.1, 0.15) is 5.25 Å². The van der Waals surface area contributed by atoms with Crippen LogP contribution in [-0.4, -0.2) is 37.4 Å². The zero-order valence-electron chi connectivity index (χ0n) is 8.25. The van der Waals surface area contributed by atoms with Crippen molar-refractivity contribution in [1.29, 1.82) is 0 Å². The number of ketones is 1. The highest BCUT2D eigenvalue weighted by atomic mass is 32.2. The van der Waals surface area contributed by atoms with Crippen molar-refractivity contribution >= 4 is 15.6 Å². The van der Waals surface area contributed by atoms with E-state index in [9.17, 15) is 13.2 Å². The van der Waals surface area contributed by atoms with Crippen LogP contribution in [0.2, 0.25) is 0 Å². The van der Waals surface area contributed by atoms with E-state index in [1.54, 1.807) is 18.2 Å². The topological polar surface area (TPSA) is 71.4 Å². The molecule has 1 atom stereocenters. The number of aliphatic hydroxyl groups is 1. The molecule has 82 valence electrons. The Hall–Kier alpha value is -1.20. The normalized spacial score (nSPS) is 13.5. The van der Waals surface area contributed by atoms with Crippen LogP contribution in [0.4, 0.5) is 0 Å². The van der Waals surface area contributed by atoms with Gasteiger partial charge in [-0.1, -0.05) is 30.3 Å². The average molecular weight is 228 g/mol. The highest BCUT2D eigenvalue weighted by Gasteiger charge is 2.28. The van der Waals surface area contributed by atoms with E-state index in [1.807, 2.05) is 0 Å². The zero-order valence-corrected chi connectivity index (χ0v) is 9.07. The van der Waals surface area contributed by atoms with E-state index in [0.717, 1.165) is 6.26 Å². The fourth-order valence-electron chi connectivity index (χ4n) is 1.20. The molecule has 0 spiro atoms. The van der Waals surface area contributed by atoms with E-state index in [2.05, 4.69) is 0 Å². The second-order valence-corrected chi connectivity index (χ2v) is 5.46. The Bertz CT molecular complexity index is 436. The predicted molar refractivity (Wildman–Crippen MR) is 56.5 cm³/mol. The summed E-state index contributed by atoms with van der Waals surface area (Å²) in [6.45, 7) is -0.688. The number of hydrogen-bond donors (Lipinski definition) is 1. The first-order chi connectivity index (χ1) is 6.96. The van der Waals surface area contributed by atoms with Crippen molar-refractivity contribution < 1.29 is 18.3 Å². The lowest BCUT2D eigenvalue weighted by molar-refractivity contribution is 0.0962. The molecule has 0 bridgehead atoms. The highest BCUT2D eigenvalue weighted by molar-refractivity contribution is 7.92. The number of Topliss-reactive ketones (excluding diaryl/α,β-unsaturated/α-hetero) is 1. The second kappa shape index (κ2) is 4.55. The molecular weight excluding hydrogens is 216 g/mol. The second-order valence-electron chi connectivity index (χ2n) is 3.23. The Balaban J connectivity index is 3.04. The molecule has 0 saturated carbocycles. The van der Waals surface area contributed by atoms with Crippen molar-refractivity contribution in [2.45, 2.75) is 5.25 Å². The predicted octanol–water partition coefficient (Wildman–Crippen LogP) is 0.275. The molecule has 1 aromatic rings. The van der Waals surface area contributed by atoms with Gasteiger partial charge in [0.05, 0.1) is 6.61 Å². The summed E-state index contributed by atoms with van der Waals surface area (Å²) in [5.74, 6) is -0.569. The molecule has 0 aliphatic rings. The van der Waals surface area contributed by atoms with Crippen LogP contribution in [-0.2, 0) is 9.84 Å². The van der Waals surface area contributed by atoms with Crippen molar-refractivity contribution in [3.05, 3.63) is 35.9 Å². The van der Waals surface area contributed by atoms with Gasteiger partial charge in [-0.05, 0) is 0 Å². The van der Waals surface area contributed by atoms with Gasteiger partial charge in [-0.3, -0.25) is 4.79 Å². The van der Waals surface area contributed by atoms with Crippen molar-refractivity contribution in [3.8, 4) is 0 Å². The van der Waals surface area contributed by atoms with E-state index in [-0.39, 0.29) is 0 Å². The van der Waals surface area contributed by atoms with Crippen LogP contribution in [0.5, 0.6) is 0 Å². The molecule has 1 rings (SSSR count). The molecule has 0 fully saturated rings. The van der Waals surface area contributed by atoms with E-state index in [1.165, 1.54) is 12.1 Å².